The monoisotopic (exact) mass is 191 g/mol. The van der Waals surface area contributed by atoms with Gasteiger partial charge < -0.3 is 14.9 Å². The highest BCUT2D eigenvalue weighted by Gasteiger charge is 2.26. The fourth-order valence-corrected chi connectivity index (χ4v) is 1.16. The van der Waals surface area contributed by atoms with E-state index in [0.29, 0.717) is 6.42 Å². The van der Waals surface area contributed by atoms with Crippen molar-refractivity contribution in [3.63, 3.8) is 0 Å². The number of nitrogens with zero attached hydrogens (tertiary/aromatic N) is 1. The summed E-state index contributed by atoms with van der Waals surface area (Å²) < 4.78 is 4.80. The van der Waals surface area contributed by atoms with Gasteiger partial charge in [-0.1, -0.05) is 6.92 Å². The lowest BCUT2D eigenvalue weighted by atomic mass is 10.2. The molecule has 0 amide bonds. The van der Waals surface area contributed by atoms with Gasteiger partial charge in [-0.15, -0.1) is 0 Å². The topological polar surface area (TPSA) is 70.0 Å². The molecule has 0 bridgehead atoms. The summed E-state index contributed by atoms with van der Waals surface area (Å²) in [6.45, 7) is 3.39. The van der Waals surface area contributed by atoms with Gasteiger partial charge in [0.05, 0.1) is 0 Å². The maximum absolute atomic E-state index is 10.7. The Kier molecular flexibility index (Phi) is 5.61. The van der Waals surface area contributed by atoms with Crippen LogP contribution in [0.2, 0.25) is 0 Å². The SMILES string of the molecule is CC[C@@H](C(=O)O)N(COC)C(C)O. The van der Waals surface area contributed by atoms with E-state index in [1.165, 1.54) is 18.9 Å². The normalized spacial score (nSPS) is 15.8. The minimum atomic E-state index is -0.944. The van der Waals surface area contributed by atoms with Crippen LogP contribution in [0.25, 0.3) is 0 Å². The lowest BCUT2D eigenvalue weighted by Gasteiger charge is -2.29. The van der Waals surface area contributed by atoms with E-state index in [-0.39, 0.29) is 6.73 Å². The molecule has 0 rings (SSSR count). The highest BCUT2D eigenvalue weighted by Crippen LogP contribution is 2.07. The maximum atomic E-state index is 10.7. The van der Waals surface area contributed by atoms with Crippen LogP contribution in [0.4, 0.5) is 0 Å². The summed E-state index contributed by atoms with van der Waals surface area (Å²) in [6, 6.07) is -0.694. The van der Waals surface area contributed by atoms with Gasteiger partial charge in [0.1, 0.15) is 19.0 Å². The van der Waals surface area contributed by atoms with E-state index in [4.69, 9.17) is 9.84 Å². The third-order valence-corrected chi connectivity index (χ3v) is 1.83. The summed E-state index contributed by atoms with van der Waals surface area (Å²) in [4.78, 5) is 12.1. The molecular weight excluding hydrogens is 174 g/mol. The number of carboxylic acids is 1. The minimum Gasteiger partial charge on any atom is -0.480 e. The molecule has 0 aromatic rings. The largest absolute Gasteiger partial charge is 0.480 e. The first-order valence-corrected chi connectivity index (χ1v) is 4.20. The van der Waals surface area contributed by atoms with Crippen molar-refractivity contribution in [1.82, 2.24) is 4.90 Å². The van der Waals surface area contributed by atoms with Gasteiger partial charge in [-0.05, 0) is 13.3 Å². The maximum Gasteiger partial charge on any atom is 0.321 e. The van der Waals surface area contributed by atoms with Crippen molar-refractivity contribution in [3.05, 3.63) is 0 Å². The Morgan fingerprint density at radius 2 is 2.15 bits per heavy atom. The molecule has 0 heterocycles. The lowest BCUT2D eigenvalue weighted by Crippen LogP contribution is -2.46. The molecule has 0 aliphatic carbocycles. The van der Waals surface area contributed by atoms with E-state index in [1.54, 1.807) is 6.92 Å². The van der Waals surface area contributed by atoms with Crippen molar-refractivity contribution in [2.24, 2.45) is 0 Å². The van der Waals surface area contributed by atoms with Crippen LogP contribution in [0.1, 0.15) is 20.3 Å². The van der Waals surface area contributed by atoms with Gasteiger partial charge in [0.2, 0.25) is 0 Å². The number of hydrogen-bond donors (Lipinski definition) is 2. The third kappa shape index (κ3) is 3.71. The molecule has 1 unspecified atom stereocenters. The van der Waals surface area contributed by atoms with Gasteiger partial charge in [-0.3, -0.25) is 4.79 Å². The first-order chi connectivity index (χ1) is 6.04. The molecule has 0 spiro atoms. The predicted molar refractivity (Wildman–Crippen MR) is 47.1 cm³/mol. The second-order valence-corrected chi connectivity index (χ2v) is 2.83. The Bertz CT molecular complexity index is 160. The van der Waals surface area contributed by atoms with Crippen LogP contribution in [0.15, 0.2) is 0 Å². The zero-order valence-corrected chi connectivity index (χ0v) is 8.23. The molecule has 0 fully saturated rings. The first kappa shape index (κ1) is 12.3. The molecule has 0 radical (unpaired) electrons. The Balaban J connectivity index is 4.38. The van der Waals surface area contributed by atoms with Gasteiger partial charge in [-0.2, -0.15) is 0 Å². The quantitative estimate of drug-likeness (QED) is 0.582. The smallest absolute Gasteiger partial charge is 0.321 e. The minimum absolute atomic E-state index is 0.114. The Labute approximate surface area is 77.9 Å². The molecule has 0 saturated carbocycles. The van der Waals surface area contributed by atoms with Crippen molar-refractivity contribution in [2.45, 2.75) is 32.5 Å². The van der Waals surface area contributed by atoms with Crippen LogP contribution in [-0.4, -0.2) is 47.2 Å². The molecule has 5 heteroatoms. The van der Waals surface area contributed by atoms with E-state index in [2.05, 4.69) is 0 Å². The third-order valence-electron chi connectivity index (χ3n) is 1.83. The molecule has 2 atom stereocenters. The number of aliphatic hydroxyl groups excluding tert-OH is 1. The molecule has 0 aromatic heterocycles. The van der Waals surface area contributed by atoms with Gasteiger partial charge in [0.15, 0.2) is 0 Å². The molecular formula is C8H17NO4. The Morgan fingerprint density at radius 1 is 1.62 bits per heavy atom. The standard InChI is InChI=1S/C8H17NO4/c1-4-7(8(11)12)9(5-13-3)6(2)10/h6-7,10H,4-5H2,1-3H3,(H,11,12)/t6?,7-/m0/s1. The number of hydrogen-bond acceptors (Lipinski definition) is 4. The van der Waals surface area contributed by atoms with Gasteiger partial charge in [0.25, 0.3) is 0 Å². The van der Waals surface area contributed by atoms with Crippen LogP contribution < -0.4 is 0 Å². The van der Waals surface area contributed by atoms with Crippen LogP contribution >= 0.6 is 0 Å². The van der Waals surface area contributed by atoms with E-state index in [9.17, 15) is 9.90 Å². The van der Waals surface area contributed by atoms with Crippen molar-refractivity contribution in [2.75, 3.05) is 13.8 Å². The van der Waals surface area contributed by atoms with Crippen molar-refractivity contribution in [1.29, 1.82) is 0 Å². The number of methoxy groups -OCH3 is 1. The van der Waals surface area contributed by atoms with E-state index >= 15 is 0 Å². The fourth-order valence-electron chi connectivity index (χ4n) is 1.16. The zero-order valence-electron chi connectivity index (χ0n) is 8.23. The predicted octanol–water partition coefficient (Wildman–Crippen LogP) is 0.0938. The Hall–Kier alpha value is -0.650. The van der Waals surface area contributed by atoms with Gasteiger partial charge in [0, 0.05) is 7.11 Å². The molecule has 2 N–H and O–H groups in total. The van der Waals surface area contributed by atoms with Crippen LogP contribution in [-0.2, 0) is 9.53 Å². The number of ether oxygens (including phenoxy) is 1. The number of aliphatic carboxylic acids is 1. The van der Waals surface area contributed by atoms with E-state index in [1.807, 2.05) is 0 Å². The molecule has 5 nitrogen and oxygen atoms in total. The van der Waals surface area contributed by atoms with Crippen LogP contribution in [0, 0.1) is 0 Å². The second kappa shape index (κ2) is 5.90. The number of carboxylic acid groups (broad SMARTS) is 1. The van der Waals surface area contributed by atoms with Crippen LogP contribution in [0.5, 0.6) is 0 Å². The van der Waals surface area contributed by atoms with Crippen LogP contribution in [0.3, 0.4) is 0 Å². The zero-order chi connectivity index (χ0) is 10.4. The van der Waals surface area contributed by atoms with Crippen molar-refractivity contribution < 1.29 is 19.7 Å². The fraction of sp³-hybridized carbons (Fsp3) is 0.875. The molecule has 13 heavy (non-hydrogen) atoms. The molecule has 0 aliphatic rings. The molecule has 0 saturated heterocycles. The second-order valence-electron chi connectivity index (χ2n) is 2.83. The number of carbonyl (C=O) groups is 1. The summed E-state index contributed by atoms with van der Waals surface area (Å²) >= 11 is 0. The number of aliphatic hydroxyl groups is 1. The van der Waals surface area contributed by atoms with Gasteiger partial charge in [-0.25, -0.2) is 4.90 Å². The molecule has 0 aliphatic heterocycles. The summed E-state index contributed by atoms with van der Waals surface area (Å²) in [6.07, 6.45) is -0.384. The van der Waals surface area contributed by atoms with Crippen molar-refractivity contribution >= 4 is 5.97 Å². The summed E-state index contributed by atoms with van der Waals surface area (Å²) in [7, 11) is 1.46. The van der Waals surface area contributed by atoms with E-state index < -0.39 is 18.2 Å². The average molecular weight is 191 g/mol. The van der Waals surface area contributed by atoms with Crippen molar-refractivity contribution in [3.8, 4) is 0 Å². The van der Waals surface area contributed by atoms with E-state index in [0.717, 1.165) is 0 Å². The molecule has 78 valence electrons. The first-order valence-electron chi connectivity index (χ1n) is 4.20. The summed E-state index contributed by atoms with van der Waals surface area (Å²) in [5, 5.41) is 18.1. The number of rotatable bonds is 6. The summed E-state index contributed by atoms with van der Waals surface area (Å²) in [5.74, 6) is -0.944. The lowest BCUT2D eigenvalue weighted by molar-refractivity contribution is -0.153. The molecule has 0 aromatic carbocycles. The average Bonchev–Trinajstić information content (AvgIpc) is 2.03. The highest BCUT2D eigenvalue weighted by atomic mass is 16.5. The van der Waals surface area contributed by atoms with Gasteiger partial charge >= 0.3 is 5.97 Å². The summed E-state index contributed by atoms with van der Waals surface area (Å²) in [5.41, 5.74) is 0. The Morgan fingerprint density at radius 3 is 2.38 bits per heavy atom. The highest BCUT2D eigenvalue weighted by molar-refractivity contribution is 5.73.